The van der Waals surface area contributed by atoms with E-state index in [9.17, 15) is 21.2 Å². The summed E-state index contributed by atoms with van der Waals surface area (Å²) < 4.78 is 84.3. The van der Waals surface area contributed by atoms with Crippen molar-refractivity contribution >= 4 is 31.4 Å². The first-order chi connectivity index (χ1) is 15.6. The van der Waals surface area contributed by atoms with Crippen molar-refractivity contribution in [3.63, 3.8) is 0 Å². The summed E-state index contributed by atoms with van der Waals surface area (Å²) in [6, 6.07) is 12.8. The Hall–Kier alpha value is -3.51. The molecule has 0 aliphatic rings. The first-order valence-electron chi connectivity index (χ1n) is 9.31. The van der Waals surface area contributed by atoms with Gasteiger partial charge < -0.3 is 14.2 Å². The molecule has 0 radical (unpaired) electrons. The molecule has 9 nitrogen and oxygen atoms in total. The maximum atomic E-state index is 13.9. The van der Waals surface area contributed by atoms with Gasteiger partial charge in [-0.2, -0.15) is 0 Å². The van der Waals surface area contributed by atoms with E-state index < -0.39 is 25.9 Å². The molecule has 0 atom stereocenters. The van der Waals surface area contributed by atoms with Crippen LogP contribution in [0.1, 0.15) is 0 Å². The van der Waals surface area contributed by atoms with E-state index in [4.69, 9.17) is 14.2 Å². The molecule has 33 heavy (non-hydrogen) atoms. The number of sulfonamides is 2. The van der Waals surface area contributed by atoms with Gasteiger partial charge in [0.15, 0.2) is 11.6 Å². The van der Waals surface area contributed by atoms with Gasteiger partial charge in [0.1, 0.15) is 11.5 Å². The zero-order valence-corrected chi connectivity index (χ0v) is 19.5. The lowest BCUT2D eigenvalue weighted by Gasteiger charge is -2.14. The Labute approximate surface area is 191 Å². The van der Waals surface area contributed by atoms with Gasteiger partial charge in [-0.1, -0.05) is 0 Å². The Bertz CT molecular complexity index is 1360. The molecule has 0 amide bonds. The summed E-state index contributed by atoms with van der Waals surface area (Å²) in [5.41, 5.74) is 0.257. The van der Waals surface area contributed by atoms with Crippen LogP contribution in [0.5, 0.6) is 17.2 Å². The molecule has 3 aromatic carbocycles. The predicted molar refractivity (Wildman–Crippen MR) is 121 cm³/mol. The van der Waals surface area contributed by atoms with Gasteiger partial charge in [-0.3, -0.25) is 9.44 Å². The van der Waals surface area contributed by atoms with Gasteiger partial charge in [0.25, 0.3) is 20.0 Å². The molecule has 0 aliphatic carbocycles. The Balaban J connectivity index is 1.81. The minimum atomic E-state index is -4.12. The van der Waals surface area contributed by atoms with Gasteiger partial charge in [-0.15, -0.1) is 0 Å². The Kier molecular flexibility index (Phi) is 6.98. The van der Waals surface area contributed by atoms with Crippen LogP contribution in [0.2, 0.25) is 0 Å². The van der Waals surface area contributed by atoms with Crippen molar-refractivity contribution < 1.29 is 35.4 Å². The third-order valence-corrected chi connectivity index (χ3v) is 7.26. The number of benzene rings is 3. The number of hydrogen-bond acceptors (Lipinski definition) is 7. The molecule has 0 heterocycles. The van der Waals surface area contributed by atoms with Crippen molar-refractivity contribution in [3.8, 4) is 17.2 Å². The summed E-state index contributed by atoms with van der Waals surface area (Å²) in [6.45, 7) is 0. The SMILES string of the molecule is COc1ccc(OC)c(NS(=O)(=O)c2ccc(NS(=O)(=O)c3ccc(OC)c(F)c3)cc2)c1. The van der Waals surface area contributed by atoms with Crippen LogP contribution >= 0.6 is 0 Å². The molecule has 0 saturated carbocycles. The summed E-state index contributed by atoms with van der Waals surface area (Å²) in [5.74, 6) is -0.215. The average Bonchev–Trinajstić information content (AvgIpc) is 2.78. The highest BCUT2D eigenvalue weighted by atomic mass is 32.2. The lowest BCUT2D eigenvalue weighted by molar-refractivity contribution is 0.385. The van der Waals surface area contributed by atoms with E-state index in [2.05, 4.69) is 9.44 Å². The molecule has 0 aromatic heterocycles. The van der Waals surface area contributed by atoms with E-state index in [1.54, 1.807) is 12.1 Å². The van der Waals surface area contributed by atoms with E-state index >= 15 is 0 Å². The molecule has 3 aromatic rings. The highest BCUT2D eigenvalue weighted by Gasteiger charge is 2.20. The number of hydrogen-bond donors (Lipinski definition) is 2. The van der Waals surface area contributed by atoms with Gasteiger partial charge >= 0.3 is 0 Å². The van der Waals surface area contributed by atoms with Crippen molar-refractivity contribution in [2.45, 2.75) is 9.79 Å². The number of nitrogens with one attached hydrogen (secondary N) is 2. The number of methoxy groups -OCH3 is 3. The summed E-state index contributed by atoms with van der Waals surface area (Å²) in [4.78, 5) is -0.435. The number of halogens is 1. The van der Waals surface area contributed by atoms with E-state index in [1.165, 1.54) is 63.8 Å². The lowest BCUT2D eigenvalue weighted by Crippen LogP contribution is -2.15. The second-order valence-electron chi connectivity index (χ2n) is 6.60. The van der Waals surface area contributed by atoms with Gasteiger partial charge in [0.2, 0.25) is 0 Å². The molecule has 176 valence electrons. The molecular formula is C21H21FN2O7S2. The monoisotopic (exact) mass is 496 g/mol. The van der Waals surface area contributed by atoms with E-state index in [1.807, 2.05) is 0 Å². The molecule has 0 saturated heterocycles. The van der Waals surface area contributed by atoms with E-state index in [0.717, 1.165) is 6.07 Å². The first-order valence-corrected chi connectivity index (χ1v) is 12.3. The number of ether oxygens (including phenoxy) is 3. The Morgan fingerprint density at radius 2 is 1.24 bits per heavy atom. The largest absolute Gasteiger partial charge is 0.497 e. The van der Waals surface area contributed by atoms with E-state index in [0.29, 0.717) is 5.75 Å². The van der Waals surface area contributed by atoms with Crippen LogP contribution in [0.15, 0.2) is 70.5 Å². The second kappa shape index (κ2) is 9.55. The highest BCUT2D eigenvalue weighted by Crippen LogP contribution is 2.31. The van der Waals surface area contributed by atoms with Gasteiger partial charge in [-0.05, 0) is 54.6 Å². The zero-order valence-electron chi connectivity index (χ0n) is 17.8. The molecule has 12 heteroatoms. The van der Waals surface area contributed by atoms with Gasteiger partial charge in [-0.25, -0.2) is 21.2 Å². The quantitative estimate of drug-likeness (QED) is 0.466. The van der Waals surface area contributed by atoms with Crippen LogP contribution in [0.4, 0.5) is 15.8 Å². The lowest BCUT2D eigenvalue weighted by atomic mass is 10.3. The van der Waals surface area contributed by atoms with Crippen molar-refractivity contribution in [1.82, 2.24) is 0 Å². The summed E-state index contributed by atoms with van der Waals surface area (Å²) in [5, 5.41) is 0. The molecular weight excluding hydrogens is 475 g/mol. The topological polar surface area (TPSA) is 120 Å². The standard InChI is InChI=1S/C21H21FN2O7S2/c1-29-15-6-10-21(31-3)19(12-15)24-32(25,26)16-7-4-14(5-8-16)23-33(27,28)17-9-11-20(30-2)18(22)13-17/h4-13,23-24H,1-3H3. The second-order valence-corrected chi connectivity index (χ2v) is 9.96. The predicted octanol–water partition coefficient (Wildman–Crippen LogP) is 3.45. The minimum Gasteiger partial charge on any atom is -0.497 e. The zero-order chi connectivity index (χ0) is 24.2. The molecule has 0 aliphatic heterocycles. The molecule has 3 rings (SSSR count). The molecule has 0 bridgehead atoms. The fourth-order valence-corrected chi connectivity index (χ4v) is 4.96. The minimum absolute atomic E-state index is 0.0872. The van der Waals surface area contributed by atoms with Crippen LogP contribution in [-0.4, -0.2) is 38.2 Å². The van der Waals surface area contributed by atoms with Gasteiger partial charge in [0, 0.05) is 11.8 Å². The Morgan fingerprint density at radius 3 is 1.82 bits per heavy atom. The van der Waals surface area contributed by atoms with Crippen molar-refractivity contribution in [2.75, 3.05) is 30.8 Å². The number of anilines is 2. The van der Waals surface area contributed by atoms with Crippen molar-refractivity contribution in [1.29, 1.82) is 0 Å². The van der Waals surface area contributed by atoms with Crippen LogP contribution in [0.25, 0.3) is 0 Å². The highest BCUT2D eigenvalue weighted by molar-refractivity contribution is 7.93. The number of rotatable bonds is 9. The normalized spacial score (nSPS) is 11.5. The maximum absolute atomic E-state index is 13.9. The summed E-state index contributed by atoms with van der Waals surface area (Å²) in [7, 11) is -4.03. The Morgan fingerprint density at radius 1 is 0.667 bits per heavy atom. The molecule has 0 fully saturated rings. The van der Waals surface area contributed by atoms with Crippen molar-refractivity contribution in [3.05, 3.63) is 66.5 Å². The summed E-state index contributed by atoms with van der Waals surface area (Å²) in [6.07, 6.45) is 0. The van der Waals surface area contributed by atoms with Crippen LogP contribution in [0.3, 0.4) is 0 Å². The van der Waals surface area contributed by atoms with Gasteiger partial charge in [0.05, 0.1) is 36.8 Å². The van der Waals surface area contributed by atoms with Crippen molar-refractivity contribution in [2.24, 2.45) is 0 Å². The third-order valence-electron chi connectivity index (χ3n) is 4.50. The van der Waals surface area contributed by atoms with Crippen LogP contribution in [0, 0.1) is 5.82 Å². The summed E-state index contributed by atoms with van der Waals surface area (Å²) >= 11 is 0. The third kappa shape index (κ3) is 5.46. The average molecular weight is 497 g/mol. The van der Waals surface area contributed by atoms with Crippen LogP contribution < -0.4 is 23.7 Å². The van der Waals surface area contributed by atoms with E-state index in [-0.39, 0.29) is 32.7 Å². The maximum Gasteiger partial charge on any atom is 0.262 e. The molecule has 0 spiro atoms. The smallest absolute Gasteiger partial charge is 0.262 e. The fourth-order valence-electron chi connectivity index (χ4n) is 2.83. The molecule has 0 unspecified atom stereocenters. The fraction of sp³-hybridized carbons (Fsp3) is 0.143. The van der Waals surface area contributed by atoms with Crippen LogP contribution in [-0.2, 0) is 20.0 Å². The first kappa shape index (κ1) is 24.1. The molecule has 2 N–H and O–H groups in total.